The molecule has 0 aromatic carbocycles. The summed E-state index contributed by atoms with van der Waals surface area (Å²) in [6.07, 6.45) is 37.9. The molecule has 308 valence electrons. The number of carbonyl (C=O) groups excluding carboxylic acids is 2. The Kier molecular flexibility index (Phi) is 35.1. The van der Waals surface area contributed by atoms with Crippen molar-refractivity contribution in [3.63, 3.8) is 0 Å². The van der Waals surface area contributed by atoms with Crippen molar-refractivity contribution in [1.29, 1.82) is 0 Å². The second kappa shape index (κ2) is 36.7. The zero-order valence-electron chi connectivity index (χ0n) is 33.1. The number of ether oxygens (including phenoxy) is 2. The van der Waals surface area contributed by atoms with Gasteiger partial charge in [0.15, 0.2) is 6.10 Å². The van der Waals surface area contributed by atoms with Crippen LogP contribution in [-0.4, -0.2) is 59.9 Å². The van der Waals surface area contributed by atoms with E-state index in [0.29, 0.717) is 12.8 Å². The van der Waals surface area contributed by atoms with Crippen molar-refractivity contribution in [3.05, 3.63) is 36.5 Å². The second-order valence-corrected chi connectivity index (χ2v) is 15.2. The summed E-state index contributed by atoms with van der Waals surface area (Å²) in [7, 11) is -4.72. The Labute approximate surface area is 321 Å². The van der Waals surface area contributed by atoms with Crippen LogP contribution in [0.5, 0.6) is 0 Å². The molecule has 12 heteroatoms. The number of carboxylic acid groups (broad SMARTS) is 1. The molecule has 0 fully saturated rings. The van der Waals surface area contributed by atoms with E-state index in [1.165, 1.54) is 77.0 Å². The average Bonchev–Trinajstić information content (AvgIpc) is 3.13. The molecule has 0 aliphatic carbocycles. The molecule has 0 aliphatic rings. The third kappa shape index (κ3) is 36.4. The Morgan fingerprint density at radius 1 is 0.585 bits per heavy atom. The minimum atomic E-state index is -4.72. The van der Waals surface area contributed by atoms with Crippen LogP contribution in [0.3, 0.4) is 0 Å². The fourth-order valence-corrected chi connectivity index (χ4v) is 6.11. The highest BCUT2D eigenvalue weighted by Gasteiger charge is 2.28. The van der Waals surface area contributed by atoms with Gasteiger partial charge in [0.2, 0.25) is 0 Å². The number of unbranched alkanes of at least 4 members (excludes halogenated alkanes) is 18. The number of hydrogen-bond donors (Lipinski definition) is 3. The van der Waals surface area contributed by atoms with Crippen LogP contribution in [-0.2, 0) is 37.5 Å². The number of phosphoric acid groups is 1. The van der Waals surface area contributed by atoms with Crippen molar-refractivity contribution in [2.24, 2.45) is 5.73 Å². The standard InChI is InChI=1S/C41H74NO10P/c1-3-5-7-9-11-13-15-17-19-21-22-24-26-28-30-32-39(43)49-34-37(35-50-53(47,48)51-36-38(42)41(45)46)52-40(44)33-31-29-27-25-23-20-18-16-14-12-10-8-6-4-2/h10,12,16,18,26,28,37-38H,3-9,11,13-15,17,19-25,27,29-36,42H2,1-2H3,(H,45,46)(H,47,48)/b12-10+,18-16+,28-26+/t37-,38+/m1/s1. The van der Waals surface area contributed by atoms with Gasteiger partial charge in [-0.3, -0.25) is 23.4 Å². The summed E-state index contributed by atoms with van der Waals surface area (Å²) in [4.78, 5) is 45.8. The van der Waals surface area contributed by atoms with Gasteiger partial charge < -0.3 is 25.2 Å². The topological polar surface area (TPSA) is 172 Å². The molecular formula is C41H74NO10P. The van der Waals surface area contributed by atoms with Gasteiger partial charge in [-0.05, 0) is 51.4 Å². The van der Waals surface area contributed by atoms with E-state index in [4.69, 9.17) is 24.8 Å². The van der Waals surface area contributed by atoms with E-state index in [1.54, 1.807) is 0 Å². The van der Waals surface area contributed by atoms with Crippen molar-refractivity contribution >= 4 is 25.7 Å². The van der Waals surface area contributed by atoms with Crippen molar-refractivity contribution in [2.75, 3.05) is 19.8 Å². The molecule has 11 nitrogen and oxygen atoms in total. The molecule has 0 aromatic rings. The Morgan fingerprint density at radius 2 is 1.06 bits per heavy atom. The zero-order valence-corrected chi connectivity index (χ0v) is 34.0. The SMILES string of the molecule is CCCC/C=C/C/C=C/CCCCCCCC(=O)O[C@H](COC(=O)CC/C=C/CCCCCCCCCCCCC)COP(=O)(O)OC[C@H](N)C(=O)O. The number of esters is 2. The van der Waals surface area contributed by atoms with Gasteiger partial charge in [-0.25, -0.2) is 4.57 Å². The first-order chi connectivity index (χ1) is 25.6. The van der Waals surface area contributed by atoms with Crippen LogP contribution in [0.2, 0.25) is 0 Å². The number of rotatable bonds is 38. The molecule has 0 aromatic heterocycles. The van der Waals surface area contributed by atoms with Crippen molar-refractivity contribution in [1.82, 2.24) is 0 Å². The maximum atomic E-state index is 12.6. The monoisotopic (exact) mass is 772 g/mol. The van der Waals surface area contributed by atoms with Crippen molar-refractivity contribution < 1.29 is 47.5 Å². The highest BCUT2D eigenvalue weighted by molar-refractivity contribution is 7.47. The summed E-state index contributed by atoms with van der Waals surface area (Å²) in [6.45, 7) is 2.70. The molecule has 3 atom stereocenters. The van der Waals surface area contributed by atoms with Gasteiger partial charge >= 0.3 is 25.7 Å². The number of hydrogen-bond acceptors (Lipinski definition) is 9. The number of carboxylic acids is 1. The van der Waals surface area contributed by atoms with E-state index < -0.39 is 51.1 Å². The molecule has 0 radical (unpaired) electrons. The second-order valence-electron chi connectivity index (χ2n) is 13.8. The quantitative estimate of drug-likeness (QED) is 0.0236. The molecule has 0 amide bonds. The van der Waals surface area contributed by atoms with E-state index in [-0.39, 0.29) is 19.4 Å². The largest absolute Gasteiger partial charge is 0.480 e. The van der Waals surface area contributed by atoms with E-state index >= 15 is 0 Å². The van der Waals surface area contributed by atoms with Crippen molar-refractivity contribution in [3.8, 4) is 0 Å². The Balaban J connectivity index is 4.46. The van der Waals surface area contributed by atoms with Gasteiger partial charge in [-0.1, -0.05) is 147 Å². The molecule has 0 spiro atoms. The maximum Gasteiger partial charge on any atom is 0.472 e. The maximum absolute atomic E-state index is 12.6. The van der Waals surface area contributed by atoms with Crippen LogP contribution >= 0.6 is 7.82 Å². The van der Waals surface area contributed by atoms with E-state index in [2.05, 4.69) is 48.8 Å². The normalized spacial score (nSPS) is 14.2. The van der Waals surface area contributed by atoms with Gasteiger partial charge in [-0.2, -0.15) is 0 Å². The molecule has 0 rings (SSSR count). The van der Waals surface area contributed by atoms with Gasteiger partial charge in [-0.15, -0.1) is 0 Å². The molecule has 0 heterocycles. The number of nitrogens with two attached hydrogens (primary N) is 1. The molecular weight excluding hydrogens is 697 g/mol. The van der Waals surface area contributed by atoms with Crippen LogP contribution < -0.4 is 5.73 Å². The number of carbonyl (C=O) groups is 3. The summed E-state index contributed by atoms with van der Waals surface area (Å²) in [6, 6.07) is -1.53. The summed E-state index contributed by atoms with van der Waals surface area (Å²) in [5.74, 6) is -2.46. The molecule has 53 heavy (non-hydrogen) atoms. The minimum absolute atomic E-state index is 0.136. The fourth-order valence-electron chi connectivity index (χ4n) is 5.33. The van der Waals surface area contributed by atoms with Gasteiger partial charge in [0.1, 0.15) is 12.6 Å². The highest BCUT2D eigenvalue weighted by atomic mass is 31.2. The molecule has 0 bridgehead atoms. The zero-order chi connectivity index (χ0) is 39.3. The lowest BCUT2D eigenvalue weighted by Crippen LogP contribution is -2.34. The first kappa shape index (κ1) is 50.7. The summed E-state index contributed by atoms with van der Waals surface area (Å²) >= 11 is 0. The smallest absolute Gasteiger partial charge is 0.472 e. The predicted octanol–water partition coefficient (Wildman–Crippen LogP) is 10.4. The van der Waals surface area contributed by atoms with Crippen molar-refractivity contribution in [2.45, 2.75) is 187 Å². The lowest BCUT2D eigenvalue weighted by Gasteiger charge is -2.20. The summed E-state index contributed by atoms with van der Waals surface area (Å²) in [5.41, 5.74) is 5.32. The molecule has 0 aliphatic heterocycles. The lowest BCUT2D eigenvalue weighted by molar-refractivity contribution is -0.161. The first-order valence-electron chi connectivity index (χ1n) is 20.5. The Morgan fingerprint density at radius 3 is 1.62 bits per heavy atom. The number of phosphoric ester groups is 1. The minimum Gasteiger partial charge on any atom is -0.480 e. The van der Waals surface area contributed by atoms with Gasteiger partial charge in [0, 0.05) is 12.8 Å². The summed E-state index contributed by atoms with van der Waals surface area (Å²) < 4.78 is 32.6. The molecule has 0 saturated heterocycles. The fraction of sp³-hybridized carbons (Fsp3) is 0.780. The predicted molar refractivity (Wildman–Crippen MR) is 212 cm³/mol. The van der Waals surface area contributed by atoms with Crippen LogP contribution in [0.1, 0.15) is 174 Å². The molecule has 4 N–H and O–H groups in total. The third-order valence-corrected chi connectivity index (χ3v) is 9.57. The number of aliphatic carboxylic acids is 1. The van der Waals surface area contributed by atoms with Crippen LogP contribution in [0, 0.1) is 0 Å². The first-order valence-corrected chi connectivity index (χ1v) is 22.0. The lowest BCUT2D eigenvalue weighted by atomic mass is 10.1. The molecule has 0 saturated carbocycles. The Bertz CT molecular complexity index is 1050. The third-order valence-electron chi connectivity index (χ3n) is 8.62. The van der Waals surface area contributed by atoms with E-state index in [0.717, 1.165) is 57.8 Å². The van der Waals surface area contributed by atoms with Crippen LogP contribution in [0.15, 0.2) is 36.5 Å². The van der Waals surface area contributed by atoms with E-state index in [9.17, 15) is 23.8 Å². The van der Waals surface area contributed by atoms with Crippen LogP contribution in [0.25, 0.3) is 0 Å². The average molecular weight is 772 g/mol. The Hall–Kier alpha value is -2.30. The van der Waals surface area contributed by atoms with Crippen LogP contribution in [0.4, 0.5) is 0 Å². The number of allylic oxidation sites excluding steroid dienone is 6. The summed E-state index contributed by atoms with van der Waals surface area (Å²) in [5, 5.41) is 8.87. The van der Waals surface area contributed by atoms with Gasteiger partial charge in [0.05, 0.1) is 13.2 Å². The molecule has 1 unspecified atom stereocenters. The van der Waals surface area contributed by atoms with Gasteiger partial charge in [0.25, 0.3) is 0 Å². The van der Waals surface area contributed by atoms with E-state index in [1.807, 2.05) is 6.08 Å². The highest BCUT2D eigenvalue weighted by Crippen LogP contribution is 2.43.